The number of ether oxygens (including phenoxy) is 6. The highest BCUT2D eigenvalue weighted by atomic mass is 16.5. The molecule has 236 valence electrons. The van der Waals surface area contributed by atoms with Crippen LogP contribution in [0.4, 0.5) is 0 Å². The third-order valence-electron chi connectivity index (χ3n) is 5.54. The van der Waals surface area contributed by atoms with Gasteiger partial charge in [-0.25, -0.2) is 0 Å². The zero-order valence-electron chi connectivity index (χ0n) is 24.1. The largest absolute Gasteiger partial charge is 0.466 e. The van der Waals surface area contributed by atoms with Crippen LogP contribution < -0.4 is 0 Å². The van der Waals surface area contributed by atoms with Gasteiger partial charge in [0.25, 0.3) is 0 Å². The maximum Gasteiger partial charge on any atom is 0.305 e. The van der Waals surface area contributed by atoms with Gasteiger partial charge in [0.05, 0.1) is 59.3 Å². The van der Waals surface area contributed by atoms with E-state index in [1.807, 2.05) is 6.92 Å². The average Bonchev–Trinajstić information content (AvgIpc) is 2.98. The molecule has 18 heteroatoms. The van der Waals surface area contributed by atoms with Crippen molar-refractivity contribution in [2.75, 3.05) is 79.1 Å². The van der Waals surface area contributed by atoms with Crippen LogP contribution in [0.5, 0.6) is 0 Å². The Kier molecular flexibility index (Phi) is 24.9. The molecule has 42 heavy (non-hydrogen) atoms. The van der Waals surface area contributed by atoms with Gasteiger partial charge in [-0.2, -0.15) is 0 Å². The molecule has 0 saturated carbocycles. The molecule has 0 unspecified atom stereocenters. The first-order valence-electron chi connectivity index (χ1n) is 13.7. The third kappa shape index (κ3) is 23.0. The van der Waals surface area contributed by atoms with Crippen LogP contribution in [0.2, 0.25) is 0 Å². The monoisotopic (exact) mass is 599 g/mol. The fourth-order valence-corrected chi connectivity index (χ4v) is 3.20. The molecule has 0 rings (SSSR count). The van der Waals surface area contributed by atoms with Gasteiger partial charge < -0.3 is 28.4 Å². The van der Waals surface area contributed by atoms with Gasteiger partial charge >= 0.3 is 17.9 Å². The molecule has 0 bridgehead atoms. The lowest BCUT2D eigenvalue weighted by atomic mass is 9.88. The third-order valence-corrected chi connectivity index (χ3v) is 5.54. The molecule has 0 aliphatic carbocycles. The lowest BCUT2D eigenvalue weighted by molar-refractivity contribution is -0.144. The quantitative estimate of drug-likeness (QED) is 0.0309. The fourth-order valence-electron chi connectivity index (χ4n) is 3.20. The summed E-state index contributed by atoms with van der Waals surface area (Å²) < 4.78 is 32.4. The summed E-state index contributed by atoms with van der Waals surface area (Å²) in [5.74, 6) is -1.23. The Morgan fingerprint density at radius 1 is 0.571 bits per heavy atom. The van der Waals surface area contributed by atoms with Crippen molar-refractivity contribution in [2.45, 2.75) is 51.9 Å². The van der Waals surface area contributed by atoms with Gasteiger partial charge in [0.1, 0.15) is 0 Å². The fraction of sp³-hybridized carbons (Fsp3) is 0.875. The van der Waals surface area contributed by atoms with E-state index >= 15 is 0 Å². The molecule has 0 aromatic rings. The molecule has 0 heterocycles. The summed E-state index contributed by atoms with van der Waals surface area (Å²) in [5.41, 5.74) is 24.2. The number of rotatable bonds is 28. The van der Waals surface area contributed by atoms with Crippen molar-refractivity contribution < 1.29 is 42.8 Å². The van der Waals surface area contributed by atoms with Crippen LogP contribution in [-0.4, -0.2) is 97.0 Å². The second-order valence-corrected chi connectivity index (χ2v) is 8.85. The van der Waals surface area contributed by atoms with Crippen molar-refractivity contribution in [3.63, 3.8) is 0 Å². The Labute approximate surface area is 244 Å². The Hall–Kier alpha value is -3.78. The second kappa shape index (κ2) is 27.4. The standard InChI is InChI=1S/C24H41N9O9/c1-2-24(18-37-12-3-6-21(34)40-15-9-28-31-25,19-38-13-4-7-22(35)41-16-10-29-32-26)20-39-14-5-8-23(36)42-17-11-30-33-27/h2-20H2,1H3. The summed E-state index contributed by atoms with van der Waals surface area (Å²) in [5, 5.41) is 9.89. The van der Waals surface area contributed by atoms with E-state index in [1.54, 1.807) is 0 Å². The van der Waals surface area contributed by atoms with E-state index < -0.39 is 23.3 Å². The molecular formula is C24H41N9O9. The zero-order valence-corrected chi connectivity index (χ0v) is 24.1. The number of nitrogens with zero attached hydrogens (tertiary/aromatic N) is 9. The van der Waals surface area contributed by atoms with E-state index in [0.29, 0.717) is 65.3 Å². The zero-order chi connectivity index (χ0) is 31.2. The second-order valence-electron chi connectivity index (χ2n) is 8.85. The van der Waals surface area contributed by atoms with E-state index in [1.165, 1.54) is 0 Å². The number of hydrogen-bond donors (Lipinski definition) is 0. The highest BCUT2D eigenvalue weighted by Crippen LogP contribution is 2.24. The van der Waals surface area contributed by atoms with Gasteiger partial charge in [0.15, 0.2) is 0 Å². The minimum absolute atomic E-state index is 0.0261. The van der Waals surface area contributed by atoms with E-state index in [9.17, 15) is 14.4 Å². The maximum atomic E-state index is 11.7. The first kappa shape index (κ1) is 38.2. The highest BCUT2D eigenvalue weighted by Gasteiger charge is 2.30. The Balaban J connectivity index is 4.61. The van der Waals surface area contributed by atoms with Crippen LogP contribution in [0.1, 0.15) is 51.9 Å². The summed E-state index contributed by atoms with van der Waals surface area (Å²) in [6.45, 7) is 4.06. The van der Waals surface area contributed by atoms with Crippen LogP contribution in [0.15, 0.2) is 15.3 Å². The Morgan fingerprint density at radius 2 is 0.881 bits per heavy atom. The van der Waals surface area contributed by atoms with Crippen LogP contribution in [0, 0.1) is 5.41 Å². The summed E-state index contributed by atoms with van der Waals surface area (Å²) in [6, 6.07) is 0. The van der Waals surface area contributed by atoms with Crippen molar-refractivity contribution in [3.05, 3.63) is 31.3 Å². The van der Waals surface area contributed by atoms with E-state index in [2.05, 4.69) is 30.1 Å². The molecular weight excluding hydrogens is 558 g/mol. The van der Waals surface area contributed by atoms with Gasteiger partial charge in [-0.1, -0.05) is 22.3 Å². The van der Waals surface area contributed by atoms with Crippen LogP contribution in [0.25, 0.3) is 31.3 Å². The van der Waals surface area contributed by atoms with Crippen LogP contribution in [-0.2, 0) is 42.8 Å². The van der Waals surface area contributed by atoms with Crippen molar-refractivity contribution >= 4 is 17.9 Å². The molecule has 18 nitrogen and oxygen atoms in total. The molecule has 0 atom stereocenters. The first-order chi connectivity index (χ1) is 20.4. The lowest BCUT2D eigenvalue weighted by Gasteiger charge is -2.32. The smallest absolute Gasteiger partial charge is 0.305 e. The van der Waals surface area contributed by atoms with Gasteiger partial charge in [0.2, 0.25) is 0 Å². The van der Waals surface area contributed by atoms with Crippen molar-refractivity contribution in [1.82, 2.24) is 0 Å². The normalized spacial score (nSPS) is 11.6. The molecule has 0 amide bonds. The SMILES string of the molecule is CCC(COCCCC(=O)OCCN=[N+]=[N-])(COCCCC(=O)OCCN=[N+]=[N-])COCCCC(=O)OCCN=[N+]=[N-]. The lowest BCUT2D eigenvalue weighted by Crippen LogP contribution is -2.37. The minimum Gasteiger partial charge on any atom is -0.466 e. The van der Waals surface area contributed by atoms with E-state index in [0.717, 1.165) is 0 Å². The number of carbonyl (C=O) groups excluding carboxylic acids is 3. The van der Waals surface area contributed by atoms with E-state index in [4.69, 9.17) is 45.0 Å². The molecule has 0 fully saturated rings. The number of azide groups is 3. The predicted molar refractivity (Wildman–Crippen MR) is 148 cm³/mol. The van der Waals surface area contributed by atoms with Crippen molar-refractivity contribution in [2.24, 2.45) is 20.8 Å². The minimum atomic E-state index is -0.512. The van der Waals surface area contributed by atoms with Crippen molar-refractivity contribution in [3.8, 4) is 0 Å². The molecule has 0 saturated heterocycles. The summed E-state index contributed by atoms with van der Waals surface area (Å²) in [6.07, 6.45) is 2.42. The molecule has 0 aromatic heterocycles. The average molecular weight is 600 g/mol. The van der Waals surface area contributed by atoms with Gasteiger partial charge in [-0.05, 0) is 42.3 Å². The predicted octanol–water partition coefficient (Wildman–Crippen LogP) is 4.33. The number of esters is 3. The Bertz CT molecular complexity index is 807. The Morgan fingerprint density at radius 3 is 1.14 bits per heavy atom. The topological polar surface area (TPSA) is 253 Å². The van der Waals surface area contributed by atoms with Crippen LogP contribution in [0.3, 0.4) is 0 Å². The molecule has 0 N–H and O–H groups in total. The molecule has 0 radical (unpaired) electrons. The molecule has 0 spiro atoms. The summed E-state index contributed by atoms with van der Waals surface area (Å²) in [4.78, 5) is 43.0. The highest BCUT2D eigenvalue weighted by molar-refractivity contribution is 5.69. The number of carbonyl (C=O) groups is 3. The summed E-state index contributed by atoms with van der Waals surface area (Å²) in [7, 11) is 0. The molecule has 0 aliphatic rings. The van der Waals surface area contributed by atoms with E-state index in [-0.39, 0.29) is 58.7 Å². The number of hydrogen-bond acceptors (Lipinski definition) is 12. The van der Waals surface area contributed by atoms with Crippen molar-refractivity contribution in [1.29, 1.82) is 0 Å². The molecule has 0 aliphatic heterocycles. The van der Waals surface area contributed by atoms with Gasteiger partial charge in [-0.3, -0.25) is 14.4 Å². The first-order valence-corrected chi connectivity index (χ1v) is 13.7. The summed E-state index contributed by atoms with van der Waals surface area (Å²) >= 11 is 0. The molecule has 0 aromatic carbocycles. The van der Waals surface area contributed by atoms with Crippen LogP contribution >= 0.6 is 0 Å². The van der Waals surface area contributed by atoms with Gasteiger partial charge in [0, 0.05) is 59.2 Å². The van der Waals surface area contributed by atoms with Gasteiger partial charge in [-0.15, -0.1) is 0 Å². The maximum absolute atomic E-state index is 11.7.